The zero-order chi connectivity index (χ0) is 10.1. The average Bonchev–Trinajstić information content (AvgIpc) is 2.51. The van der Waals surface area contributed by atoms with E-state index in [1.165, 1.54) is 0 Å². The van der Waals surface area contributed by atoms with E-state index in [9.17, 15) is 5.11 Å². The zero-order valence-electron chi connectivity index (χ0n) is 8.29. The number of fused-ring (bicyclic) bond motifs is 1. The average molecular weight is 190 g/mol. The van der Waals surface area contributed by atoms with Gasteiger partial charge < -0.3 is 9.84 Å². The van der Waals surface area contributed by atoms with Crippen molar-refractivity contribution in [3.8, 4) is 11.5 Å². The molecule has 1 heterocycles. The number of hydrogen-bond acceptors (Lipinski definition) is 2. The summed E-state index contributed by atoms with van der Waals surface area (Å²) in [7, 11) is 0. The number of allylic oxidation sites excluding steroid dienone is 1. The Kier molecular flexibility index (Phi) is 2.20. The number of phenols is 1. The molecule has 1 atom stereocenters. The summed E-state index contributed by atoms with van der Waals surface area (Å²) in [6.07, 6.45) is 3.60. The van der Waals surface area contributed by atoms with Crippen molar-refractivity contribution in [3.63, 3.8) is 0 Å². The largest absolute Gasteiger partial charge is 0.508 e. The van der Waals surface area contributed by atoms with Crippen LogP contribution in [-0.4, -0.2) is 11.2 Å². The lowest BCUT2D eigenvalue weighted by Gasteiger charge is -2.06. The van der Waals surface area contributed by atoms with Gasteiger partial charge in [0.25, 0.3) is 0 Å². The molecule has 0 aromatic heterocycles. The second-order valence-electron chi connectivity index (χ2n) is 3.67. The third-order valence-electron chi connectivity index (χ3n) is 2.53. The number of phenolic OH excluding ortho intramolecular Hbond substituents is 1. The van der Waals surface area contributed by atoms with Crippen molar-refractivity contribution < 1.29 is 9.84 Å². The Balaban J connectivity index is 2.48. The highest BCUT2D eigenvalue weighted by Gasteiger charge is 2.23. The number of ether oxygens (including phenoxy) is 1. The van der Waals surface area contributed by atoms with Crippen molar-refractivity contribution in [1.82, 2.24) is 0 Å². The fourth-order valence-electron chi connectivity index (χ4n) is 1.91. The Morgan fingerprint density at radius 1 is 1.64 bits per heavy atom. The normalized spacial score (nSPS) is 18.8. The summed E-state index contributed by atoms with van der Waals surface area (Å²) in [5, 5.41) is 9.69. The van der Waals surface area contributed by atoms with E-state index in [0.29, 0.717) is 12.2 Å². The van der Waals surface area contributed by atoms with Crippen LogP contribution in [0.5, 0.6) is 11.5 Å². The zero-order valence-corrected chi connectivity index (χ0v) is 8.29. The molecule has 0 saturated heterocycles. The Morgan fingerprint density at radius 3 is 3.14 bits per heavy atom. The molecule has 1 aliphatic heterocycles. The molecule has 0 spiro atoms. The SMILES string of the molecule is C=CCc1c(O)ccc2c1CC(C)O2. The maximum atomic E-state index is 9.69. The molecule has 0 amide bonds. The van der Waals surface area contributed by atoms with Crippen molar-refractivity contribution in [2.24, 2.45) is 0 Å². The Morgan fingerprint density at radius 2 is 2.43 bits per heavy atom. The predicted octanol–water partition coefficient (Wildman–Crippen LogP) is 2.44. The molecular weight excluding hydrogens is 176 g/mol. The van der Waals surface area contributed by atoms with Crippen LogP contribution in [0, 0.1) is 0 Å². The van der Waals surface area contributed by atoms with Crippen molar-refractivity contribution in [2.75, 3.05) is 0 Å². The maximum Gasteiger partial charge on any atom is 0.123 e. The lowest BCUT2D eigenvalue weighted by Crippen LogP contribution is -2.05. The molecule has 14 heavy (non-hydrogen) atoms. The minimum atomic E-state index is 0.218. The molecule has 0 radical (unpaired) electrons. The van der Waals surface area contributed by atoms with Crippen LogP contribution in [0.25, 0.3) is 0 Å². The van der Waals surface area contributed by atoms with Gasteiger partial charge in [-0.1, -0.05) is 6.08 Å². The third-order valence-corrected chi connectivity index (χ3v) is 2.53. The van der Waals surface area contributed by atoms with Crippen LogP contribution in [-0.2, 0) is 12.8 Å². The lowest BCUT2D eigenvalue weighted by atomic mass is 10.00. The van der Waals surface area contributed by atoms with E-state index in [1.807, 2.05) is 13.0 Å². The molecule has 2 nitrogen and oxygen atoms in total. The minimum Gasteiger partial charge on any atom is -0.508 e. The van der Waals surface area contributed by atoms with Gasteiger partial charge in [-0.2, -0.15) is 0 Å². The van der Waals surface area contributed by atoms with Crippen molar-refractivity contribution in [1.29, 1.82) is 0 Å². The first-order chi connectivity index (χ1) is 6.72. The molecule has 74 valence electrons. The van der Waals surface area contributed by atoms with Crippen LogP contribution >= 0.6 is 0 Å². The maximum absolute atomic E-state index is 9.69. The summed E-state index contributed by atoms with van der Waals surface area (Å²) in [6.45, 7) is 5.73. The number of aromatic hydroxyl groups is 1. The predicted molar refractivity (Wildman–Crippen MR) is 55.8 cm³/mol. The molecule has 0 saturated carbocycles. The van der Waals surface area contributed by atoms with E-state index < -0.39 is 0 Å². The second-order valence-corrected chi connectivity index (χ2v) is 3.67. The fraction of sp³-hybridized carbons (Fsp3) is 0.333. The third kappa shape index (κ3) is 1.37. The molecule has 1 aliphatic rings. The van der Waals surface area contributed by atoms with Crippen LogP contribution in [0.15, 0.2) is 24.8 Å². The van der Waals surface area contributed by atoms with Crippen molar-refractivity contribution in [3.05, 3.63) is 35.9 Å². The Labute approximate surface area is 83.8 Å². The van der Waals surface area contributed by atoms with Crippen LogP contribution in [0.1, 0.15) is 18.1 Å². The van der Waals surface area contributed by atoms with E-state index in [4.69, 9.17) is 4.74 Å². The molecule has 0 aliphatic carbocycles. The van der Waals surface area contributed by atoms with Gasteiger partial charge in [-0.15, -0.1) is 6.58 Å². The summed E-state index contributed by atoms with van der Waals surface area (Å²) in [6, 6.07) is 3.52. The van der Waals surface area contributed by atoms with E-state index in [2.05, 4.69) is 6.58 Å². The molecule has 1 aromatic carbocycles. The summed E-state index contributed by atoms with van der Waals surface area (Å²) < 4.78 is 5.60. The first-order valence-electron chi connectivity index (χ1n) is 4.83. The summed E-state index contributed by atoms with van der Waals surface area (Å²) in [5.74, 6) is 1.26. The van der Waals surface area contributed by atoms with Crippen molar-refractivity contribution in [2.45, 2.75) is 25.9 Å². The number of rotatable bonds is 2. The van der Waals surface area contributed by atoms with Gasteiger partial charge in [-0.25, -0.2) is 0 Å². The molecule has 1 unspecified atom stereocenters. The van der Waals surface area contributed by atoms with E-state index in [0.717, 1.165) is 23.3 Å². The van der Waals surface area contributed by atoms with Gasteiger partial charge in [-0.3, -0.25) is 0 Å². The summed E-state index contributed by atoms with van der Waals surface area (Å²) >= 11 is 0. The molecule has 0 bridgehead atoms. The van der Waals surface area contributed by atoms with Crippen LogP contribution < -0.4 is 4.74 Å². The van der Waals surface area contributed by atoms with Gasteiger partial charge >= 0.3 is 0 Å². The van der Waals surface area contributed by atoms with Gasteiger partial charge in [0.05, 0.1) is 0 Å². The smallest absolute Gasteiger partial charge is 0.123 e. The first-order valence-corrected chi connectivity index (χ1v) is 4.83. The van der Waals surface area contributed by atoms with E-state index in [-0.39, 0.29) is 6.10 Å². The highest BCUT2D eigenvalue weighted by molar-refractivity contribution is 5.51. The lowest BCUT2D eigenvalue weighted by molar-refractivity contribution is 0.254. The fourth-order valence-corrected chi connectivity index (χ4v) is 1.91. The van der Waals surface area contributed by atoms with Gasteiger partial charge in [0, 0.05) is 17.5 Å². The van der Waals surface area contributed by atoms with Gasteiger partial charge in [0.1, 0.15) is 17.6 Å². The molecule has 1 aromatic rings. The topological polar surface area (TPSA) is 29.5 Å². The van der Waals surface area contributed by atoms with Gasteiger partial charge in [0.2, 0.25) is 0 Å². The number of hydrogen-bond donors (Lipinski definition) is 1. The quantitative estimate of drug-likeness (QED) is 0.726. The molecule has 2 heteroatoms. The standard InChI is InChI=1S/C12H14O2/c1-3-4-9-10-7-8(2)14-12(10)6-5-11(9)13/h3,5-6,8,13H,1,4,7H2,2H3. The Hall–Kier alpha value is -1.44. The Bertz CT molecular complexity index is 369. The summed E-state index contributed by atoms with van der Waals surface area (Å²) in [4.78, 5) is 0. The second kappa shape index (κ2) is 3.37. The summed E-state index contributed by atoms with van der Waals surface area (Å²) in [5.41, 5.74) is 2.10. The van der Waals surface area contributed by atoms with Crippen molar-refractivity contribution >= 4 is 0 Å². The van der Waals surface area contributed by atoms with Crippen LogP contribution in [0.4, 0.5) is 0 Å². The molecular formula is C12H14O2. The van der Waals surface area contributed by atoms with Gasteiger partial charge in [0.15, 0.2) is 0 Å². The van der Waals surface area contributed by atoms with Crippen LogP contribution in [0.3, 0.4) is 0 Å². The van der Waals surface area contributed by atoms with E-state index in [1.54, 1.807) is 12.1 Å². The van der Waals surface area contributed by atoms with Crippen LogP contribution in [0.2, 0.25) is 0 Å². The van der Waals surface area contributed by atoms with Gasteiger partial charge in [-0.05, 0) is 25.5 Å². The highest BCUT2D eigenvalue weighted by Crippen LogP contribution is 2.36. The molecule has 2 rings (SSSR count). The first kappa shape index (κ1) is 9.13. The minimum absolute atomic E-state index is 0.218. The number of benzene rings is 1. The van der Waals surface area contributed by atoms with E-state index >= 15 is 0 Å². The molecule has 1 N–H and O–H groups in total. The monoisotopic (exact) mass is 190 g/mol. The highest BCUT2D eigenvalue weighted by atomic mass is 16.5. The molecule has 0 fully saturated rings.